The van der Waals surface area contributed by atoms with E-state index < -0.39 is 17.7 Å². The highest BCUT2D eigenvalue weighted by molar-refractivity contribution is 5.20. The summed E-state index contributed by atoms with van der Waals surface area (Å²) in [7, 11) is 1.76. The highest BCUT2D eigenvalue weighted by Crippen LogP contribution is 2.18. The van der Waals surface area contributed by atoms with Gasteiger partial charge in [0.1, 0.15) is 5.82 Å². The van der Waals surface area contributed by atoms with Crippen molar-refractivity contribution in [2.24, 2.45) is 0 Å². The Morgan fingerprint density at radius 1 is 1.05 bits per heavy atom. The van der Waals surface area contributed by atoms with Gasteiger partial charge in [0, 0.05) is 13.1 Å². The Morgan fingerprint density at radius 3 is 2.48 bits per heavy atom. The summed E-state index contributed by atoms with van der Waals surface area (Å²) in [6, 6.07) is 9.49. The first kappa shape index (κ1) is 15.5. The molecule has 0 amide bonds. The molecular weight excluding hydrogens is 279 g/mol. The molecule has 1 atom stereocenters. The van der Waals surface area contributed by atoms with E-state index in [-0.39, 0.29) is 12.4 Å². The monoisotopic (exact) mass is 295 g/mol. The van der Waals surface area contributed by atoms with E-state index in [0.29, 0.717) is 12.1 Å². The zero-order valence-electron chi connectivity index (χ0n) is 11.6. The van der Waals surface area contributed by atoms with Crippen molar-refractivity contribution in [3.05, 3.63) is 71.0 Å². The van der Waals surface area contributed by atoms with E-state index in [4.69, 9.17) is 0 Å². The second-order valence-electron chi connectivity index (χ2n) is 5.02. The van der Waals surface area contributed by atoms with Crippen molar-refractivity contribution in [3.63, 3.8) is 0 Å². The SMILES string of the molecule is CN(Cc1cccc(F)c1)CC(O)c1ccc(F)c(F)c1. The summed E-state index contributed by atoms with van der Waals surface area (Å²) in [6.07, 6.45) is -0.946. The van der Waals surface area contributed by atoms with Gasteiger partial charge in [0.25, 0.3) is 0 Å². The summed E-state index contributed by atoms with van der Waals surface area (Å²) in [5, 5.41) is 10.0. The Kier molecular flexibility index (Phi) is 4.98. The molecule has 0 heterocycles. The fourth-order valence-electron chi connectivity index (χ4n) is 2.13. The predicted molar refractivity (Wildman–Crippen MR) is 74.1 cm³/mol. The lowest BCUT2D eigenvalue weighted by atomic mass is 10.1. The van der Waals surface area contributed by atoms with E-state index in [1.165, 1.54) is 18.2 Å². The van der Waals surface area contributed by atoms with Gasteiger partial charge in [0.05, 0.1) is 6.10 Å². The molecule has 112 valence electrons. The fraction of sp³-hybridized carbons (Fsp3) is 0.250. The van der Waals surface area contributed by atoms with Crippen LogP contribution in [0.15, 0.2) is 42.5 Å². The van der Waals surface area contributed by atoms with Crippen LogP contribution in [0.2, 0.25) is 0 Å². The van der Waals surface area contributed by atoms with Crippen LogP contribution in [0.25, 0.3) is 0 Å². The van der Waals surface area contributed by atoms with Gasteiger partial charge >= 0.3 is 0 Å². The number of rotatable bonds is 5. The molecule has 2 aromatic rings. The normalized spacial score (nSPS) is 12.7. The van der Waals surface area contributed by atoms with Gasteiger partial charge in [0.15, 0.2) is 11.6 Å². The van der Waals surface area contributed by atoms with Crippen LogP contribution in [0.4, 0.5) is 13.2 Å². The molecule has 0 saturated heterocycles. The van der Waals surface area contributed by atoms with Crippen molar-refractivity contribution in [1.82, 2.24) is 4.90 Å². The molecule has 2 aromatic carbocycles. The van der Waals surface area contributed by atoms with Crippen molar-refractivity contribution in [2.75, 3.05) is 13.6 Å². The molecule has 0 saturated carbocycles. The quantitative estimate of drug-likeness (QED) is 0.915. The first-order valence-electron chi connectivity index (χ1n) is 6.51. The van der Waals surface area contributed by atoms with Crippen LogP contribution in [-0.2, 0) is 6.54 Å². The van der Waals surface area contributed by atoms with E-state index in [0.717, 1.165) is 17.7 Å². The molecule has 1 N–H and O–H groups in total. The molecule has 1 unspecified atom stereocenters. The van der Waals surface area contributed by atoms with Gasteiger partial charge in [-0.15, -0.1) is 0 Å². The van der Waals surface area contributed by atoms with Crippen LogP contribution >= 0.6 is 0 Å². The zero-order chi connectivity index (χ0) is 15.4. The molecule has 5 heteroatoms. The zero-order valence-corrected chi connectivity index (χ0v) is 11.6. The summed E-state index contributed by atoms with van der Waals surface area (Å²) < 4.78 is 39.1. The molecule has 0 bridgehead atoms. The summed E-state index contributed by atoms with van der Waals surface area (Å²) in [4.78, 5) is 1.78. The average Bonchev–Trinajstić information content (AvgIpc) is 2.41. The Morgan fingerprint density at radius 2 is 1.81 bits per heavy atom. The number of nitrogens with zero attached hydrogens (tertiary/aromatic N) is 1. The largest absolute Gasteiger partial charge is 0.387 e. The highest BCUT2D eigenvalue weighted by atomic mass is 19.2. The number of hydrogen-bond donors (Lipinski definition) is 1. The van der Waals surface area contributed by atoms with Gasteiger partial charge in [-0.2, -0.15) is 0 Å². The van der Waals surface area contributed by atoms with Crippen molar-refractivity contribution in [3.8, 4) is 0 Å². The highest BCUT2D eigenvalue weighted by Gasteiger charge is 2.13. The van der Waals surface area contributed by atoms with E-state index in [1.807, 2.05) is 0 Å². The van der Waals surface area contributed by atoms with Gasteiger partial charge < -0.3 is 5.11 Å². The smallest absolute Gasteiger partial charge is 0.159 e. The number of benzene rings is 2. The third-order valence-electron chi connectivity index (χ3n) is 3.15. The number of hydrogen-bond acceptors (Lipinski definition) is 2. The van der Waals surface area contributed by atoms with Gasteiger partial charge in [-0.05, 0) is 42.4 Å². The molecule has 0 aliphatic rings. The average molecular weight is 295 g/mol. The van der Waals surface area contributed by atoms with Gasteiger partial charge in [0.2, 0.25) is 0 Å². The summed E-state index contributed by atoms with van der Waals surface area (Å²) in [5.41, 5.74) is 1.08. The lowest BCUT2D eigenvalue weighted by molar-refractivity contribution is 0.123. The molecule has 0 aliphatic heterocycles. The summed E-state index contributed by atoms with van der Waals surface area (Å²) in [6.45, 7) is 0.667. The molecule has 2 rings (SSSR count). The maximum atomic E-state index is 13.1. The summed E-state index contributed by atoms with van der Waals surface area (Å²) >= 11 is 0. The molecule has 0 spiro atoms. The Bertz CT molecular complexity index is 618. The maximum Gasteiger partial charge on any atom is 0.159 e. The molecule has 0 aromatic heterocycles. The third-order valence-corrected chi connectivity index (χ3v) is 3.15. The second kappa shape index (κ2) is 6.74. The van der Waals surface area contributed by atoms with E-state index in [9.17, 15) is 18.3 Å². The molecule has 0 aliphatic carbocycles. The minimum absolute atomic E-state index is 0.224. The van der Waals surface area contributed by atoms with Crippen LogP contribution in [-0.4, -0.2) is 23.6 Å². The van der Waals surface area contributed by atoms with E-state index in [1.54, 1.807) is 24.1 Å². The summed E-state index contributed by atoms with van der Waals surface area (Å²) in [5.74, 6) is -2.25. The number of aliphatic hydroxyl groups is 1. The Balaban J connectivity index is 1.98. The minimum Gasteiger partial charge on any atom is -0.387 e. The van der Waals surface area contributed by atoms with Crippen molar-refractivity contribution >= 4 is 0 Å². The van der Waals surface area contributed by atoms with Crippen molar-refractivity contribution < 1.29 is 18.3 Å². The molecule has 0 radical (unpaired) electrons. The molecule has 2 nitrogen and oxygen atoms in total. The first-order valence-corrected chi connectivity index (χ1v) is 6.51. The maximum absolute atomic E-state index is 13.1. The third kappa shape index (κ3) is 4.31. The lowest BCUT2D eigenvalue weighted by Gasteiger charge is -2.21. The molecule has 21 heavy (non-hydrogen) atoms. The van der Waals surface area contributed by atoms with E-state index in [2.05, 4.69) is 0 Å². The number of aliphatic hydroxyl groups excluding tert-OH is 1. The lowest BCUT2D eigenvalue weighted by Crippen LogP contribution is -2.24. The van der Waals surface area contributed by atoms with Crippen molar-refractivity contribution in [1.29, 1.82) is 0 Å². The predicted octanol–water partition coefficient (Wildman–Crippen LogP) is 3.27. The van der Waals surface area contributed by atoms with Crippen LogP contribution in [0, 0.1) is 17.5 Å². The van der Waals surface area contributed by atoms with Crippen LogP contribution in [0.3, 0.4) is 0 Å². The topological polar surface area (TPSA) is 23.5 Å². The standard InChI is InChI=1S/C16H16F3NO/c1-20(9-11-3-2-4-13(17)7-11)10-16(21)12-5-6-14(18)15(19)8-12/h2-8,16,21H,9-10H2,1H3. The second-order valence-corrected chi connectivity index (χ2v) is 5.02. The van der Waals surface area contributed by atoms with Crippen LogP contribution in [0.5, 0.6) is 0 Å². The molecular formula is C16H16F3NO. The Hall–Kier alpha value is -1.85. The van der Waals surface area contributed by atoms with Gasteiger partial charge in [-0.25, -0.2) is 13.2 Å². The van der Waals surface area contributed by atoms with Crippen LogP contribution in [0.1, 0.15) is 17.2 Å². The van der Waals surface area contributed by atoms with E-state index >= 15 is 0 Å². The Labute approximate surface area is 121 Å². The van der Waals surface area contributed by atoms with Gasteiger partial charge in [-0.3, -0.25) is 4.90 Å². The first-order chi connectivity index (χ1) is 9.95. The minimum atomic E-state index is -0.987. The molecule has 0 fully saturated rings. The number of halogens is 3. The fourth-order valence-corrected chi connectivity index (χ4v) is 2.13. The van der Waals surface area contributed by atoms with Crippen molar-refractivity contribution in [2.45, 2.75) is 12.6 Å². The van der Waals surface area contributed by atoms with Crippen LogP contribution < -0.4 is 0 Å². The number of likely N-dealkylation sites (N-methyl/N-ethyl adjacent to an activating group) is 1. The van der Waals surface area contributed by atoms with Gasteiger partial charge in [-0.1, -0.05) is 18.2 Å².